The zero-order valence-corrected chi connectivity index (χ0v) is 8.63. The highest BCUT2D eigenvalue weighted by molar-refractivity contribution is 5.89. The number of nitrogens with one attached hydrogen (secondary N) is 1. The van der Waals surface area contributed by atoms with Gasteiger partial charge in [0.05, 0.1) is 12.1 Å². The summed E-state index contributed by atoms with van der Waals surface area (Å²) in [7, 11) is 0. The average Bonchev–Trinajstić information content (AvgIpc) is 2.02. The van der Waals surface area contributed by atoms with Crippen molar-refractivity contribution >= 4 is 11.7 Å². The Labute approximate surface area is 78.9 Å². The molecule has 0 aliphatic carbocycles. The van der Waals surface area contributed by atoms with Crippen molar-refractivity contribution in [2.24, 2.45) is 11.7 Å². The lowest BCUT2D eigenvalue weighted by Crippen LogP contribution is -2.48. The number of ketones is 1. The largest absolute Gasteiger partial charge is 0.345 e. The van der Waals surface area contributed by atoms with Gasteiger partial charge < -0.3 is 11.1 Å². The number of amides is 1. The molecule has 0 rings (SSSR count). The van der Waals surface area contributed by atoms with Gasteiger partial charge in [0.2, 0.25) is 5.91 Å². The van der Waals surface area contributed by atoms with E-state index >= 15 is 0 Å². The zero-order chi connectivity index (χ0) is 10.6. The van der Waals surface area contributed by atoms with Gasteiger partial charge in [-0.15, -0.1) is 0 Å². The van der Waals surface area contributed by atoms with Crippen LogP contribution < -0.4 is 11.1 Å². The Morgan fingerprint density at radius 2 is 1.69 bits per heavy atom. The van der Waals surface area contributed by atoms with Crippen molar-refractivity contribution in [1.82, 2.24) is 5.32 Å². The number of nitrogens with two attached hydrogens (primary N) is 1. The molecule has 3 N–H and O–H groups in total. The summed E-state index contributed by atoms with van der Waals surface area (Å²) in [5, 5.41) is 2.55. The van der Waals surface area contributed by atoms with E-state index in [1.807, 2.05) is 13.8 Å². The number of hydrogen-bond donors (Lipinski definition) is 2. The number of hydrogen-bond acceptors (Lipinski definition) is 3. The smallest absolute Gasteiger partial charge is 0.237 e. The normalized spacial score (nSPS) is 15.2. The Hall–Kier alpha value is -0.900. The van der Waals surface area contributed by atoms with E-state index in [9.17, 15) is 9.59 Å². The maximum Gasteiger partial charge on any atom is 0.237 e. The van der Waals surface area contributed by atoms with Gasteiger partial charge in [-0.3, -0.25) is 9.59 Å². The Balaban J connectivity index is 4.08. The topological polar surface area (TPSA) is 72.2 Å². The number of carbonyl (C=O) groups excluding carboxylic acids is 2. The van der Waals surface area contributed by atoms with Crippen molar-refractivity contribution in [2.45, 2.75) is 39.8 Å². The lowest BCUT2D eigenvalue weighted by molar-refractivity contribution is -0.127. The van der Waals surface area contributed by atoms with Crippen molar-refractivity contribution in [2.75, 3.05) is 0 Å². The molecule has 0 aliphatic rings. The molecule has 0 heterocycles. The molecule has 0 aromatic carbocycles. The first kappa shape index (κ1) is 12.1. The van der Waals surface area contributed by atoms with Crippen LogP contribution in [-0.2, 0) is 9.59 Å². The molecule has 0 aromatic heterocycles. The summed E-state index contributed by atoms with van der Waals surface area (Å²) in [6.45, 7) is 6.81. The van der Waals surface area contributed by atoms with Crippen LogP contribution in [0.15, 0.2) is 0 Å². The van der Waals surface area contributed by atoms with Gasteiger partial charge in [-0.25, -0.2) is 0 Å². The van der Waals surface area contributed by atoms with Crippen LogP contribution >= 0.6 is 0 Å². The maximum atomic E-state index is 11.3. The summed E-state index contributed by atoms with van der Waals surface area (Å²) in [4.78, 5) is 22.1. The van der Waals surface area contributed by atoms with Crippen molar-refractivity contribution in [3.8, 4) is 0 Å². The van der Waals surface area contributed by atoms with E-state index in [-0.39, 0.29) is 17.6 Å². The van der Waals surface area contributed by atoms with Gasteiger partial charge >= 0.3 is 0 Å². The van der Waals surface area contributed by atoms with Crippen LogP contribution in [0.3, 0.4) is 0 Å². The van der Waals surface area contributed by atoms with Crippen LogP contribution in [-0.4, -0.2) is 23.8 Å². The third-order valence-corrected chi connectivity index (χ3v) is 1.99. The van der Waals surface area contributed by atoms with Crippen molar-refractivity contribution in [3.05, 3.63) is 0 Å². The molecule has 0 unspecified atom stereocenters. The zero-order valence-electron chi connectivity index (χ0n) is 8.63. The SMILES string of the molecule is CC(=O)[C@H](C)NC(=O)[C@@H](N)C(C)C. The van der Waals surface area contributed by atoms with E-state index in [0.717, 1.165) is 0 Å². The Morgan fingerprint density at radius 3 is 2.00 bits per heavy atom. The van der Waals surface area contributed by atoms with Crippen molar-refractivity contribution in [1.29, 1.82) is 0 Å². The lowest BCUT2D eigenvalue weighted by atomic mass is 10.0. The van der Waals surface area contributed by atoms with E-state index in [2.05, 4.69) is 5.32 Å². The van der Waals surface area contributed by atoms with Gasteiger partial charge in [-0.1, -0.05) is 13.8 Å². The van der Waals surface area contributed by atoms with Gasteiger partial charge in [0.25, 0.3) is 0 Å². The highest BCUT2D eigenvalue weighted by atomic mass is 16.2. The highest BCUT2D eigenvalue weighted by Crippen LogP contribution is 1.98. The molecule has 0 aliphatic heterocycles. The quantitative estimate of drug-likeness (QED) is 0.652. The number of carbonyl (C=O) groups is 2. The van der Waals surface area contributed by atoms with E-state index in [1.54, 1.807) is 6.92 Å². The first-order valence-electron chi connectivity index (χ1n) is 4.42. The molecule has 0 radical (unpaired) electrons. The number of rotatable bonds is 4. The Morgan fingerprint density at radius 1 is 1.23 bits per heavy atom. The molecule has 0 fully saturated rings. The van der Waals surface area contributed by atoms with Crippen LogP contribution in [0.2, 0.25) is 0 Å². The molecule has 0 aromatic rings. The third kappa shape index (κ3) is 4.03. The maximum absolute atomic E-state index is 11.3. The molecular weight excluding hydrogens is 168 g/mol. The predicted octanol–water partition coefficient (Wildman–Crippen LogP) is 0.0634. The monoisotopic (exact) mass is 186 g/mol. The summed E-state index contributed by atoms with van der Waals surface area (Å²) in [5.41, 5.74) is 5.59. The molecule has 13 heavy (non-hydrogen) atoms. The van der Waals surface area contributed by atoms with Crippen LogP contribution in [0.25, 0.3) is 0 Å². The van der Waals surface area contributed by atoms with E-state index < -0.39 is 12.1 Å². The highest BCUT2D eigenvalue weighted by Gasteiger charge is 2.19. The molecule has 0 spiro atoms. The first-order chi connectivity index (χ1) is 5.86. The minimum atomic E-state index is -0.540. The average molecular weight is 186 g/mol. The standard InChI is InChI=1S/C9H18N2O2/c1-5(2)8(10)9(13)11-6(3)7(4)12/h5-6,8H,10H2,1-4H3,(H,11,13)/t6-,8-/m0/s1. The summed E-state index contributed by atoms with van der Waals surface area (Å²) in [6.07, 6.45) is 0. The van der Waals surface area contributed by atoms with E-state index in [4.69, 9.17) is 5.73 Å². The van der Waals surface area contributed by atoms with Gasteiger partial charge in [0, 0.05) is 0 Å². The van der Waals surface area contributed by atoms with Crippen molar-refractivity contribution in [3.63, 3.8) is 0 Å². The first-order valence-corrected chi connectivity index (χ1v) is 4.42. The van der Waals surface area contributed by atoms with Gasteiger partial charge in [-0.05, 0) is 19.8 Å². The molecule has 4 nitrogen and oxygen atoms in total. The predicted molar refractivity (Wildman–Crippen MR) is 51.1 cm³/mol. The minimum Gasteiger partial charge on any atom is -0.345 e. The molecule has 2 atom stereocenters. The molecule has 4 heteroatoms. The summed E-state index contributed by atoms with van der Waals surface area (Å²) >= 11 is 0. The van der Waals surface area contributed by atoms with Gasteiger partial charge in [0.1, 0.15) is 0 Å². The Kier molecular flexibility index (Phi) is 4.62. The van der Waals surface area contributed by atoms with Crippen LogP contribution in [0, 0.1) is 5.92 Å². The molecule has 0 bridgehead atoms. The van der Waals surface area contributed by atoms with Crippen LogP contribution in [0.1, 0.15) is 27.7 Å². The second-order valence-corrected chi connectivity index (χ2v) is 3.61. The fraction of sp³-hybridized carbons (Fsp3) is 0.778. The van der Waals surface area contributed by atoms with E-state index in [0.29, 0.717) is 0 Å². The van der Waals surface area contributed by atoms with Crippen molar-refractivity contribution < 1.29 is 9.59 Å². The molecule has 76 valence electrons. The summed E-state index contributed by atoms with van der Waals surface area (Å²) in [6, 6.07) is -0.987. The summed E-state index contributed by atoms with van der Waals surface area (Å²) in [5.74, 6) is -0.249. The van der Waals surface area contributed by atoms with Crippen LogP contribution in [0.5, 0.6) is 0 Å². The Bertz CT molecular complexity index is 202. The second-order valence-electron chi connectivity index (χ2n) is 3.61. The molecule has 1 amide bonds. The van der Waals surface area contributed by atoms with E-state index in [1.165, 1.54) is 6.92 Å². The minimum absolute atomic E-state index is 0.0655. The van der Waals surface area contributed by atoms with Gasteiger partial charge in [0.15, 0.2) is 5.78 Å². The van der Waals surface area contributed by atoms with Crippen LogP contribution in [0.4, 0.5) is 0 Å². The molecule has 0 saturated carbocycles. The molecule has 0 saturated heterocycles. The fourth-order valence-electron chi connectivity index (χ4n) is 0.714. The van der Waals surface area contributed by atoms with Gasteiger partial charge in [-0.2, -0.15) is 0 Å². The number of Topliss-reactive ketones (excluding diaryl/α,β-unsaturated/α-hetero) is 1. The second kappa shape index (κ2) is 4.97. The summed E-state index contributed by atoms with van der Waals surface area (Å²) < 4.78 is 0. The fourth-order valence-corrected chi connectivity index (χ4v) is 0.714. The molecular formula is C9H18N2O2. The lowest BCUT2D eigenvalue weighted by Gasteiger charge is -2.17. The third-order valence-electron chi connectivity index (χ3n) is 1.99.